The molecule has 106 valence electrons. The van der Waals surface area contributed by atoms with E-state index in [-0.39, 0.29) is 0 Å². The number of unbranched alkanes of at least 4 members (excludes halogenated alkanes) is 5. The minimum absolute atomic E-state index is 0.639. The van der Waals surface area contributed by atoms with E-state index in [0.29, 0.717) is 11.3 Å². The Bertz CT molecular complexity index is 269. The van der Waals surface area contributed by atoms with E-state index in [9.17, 15) is 4.57 Å². The molecule has 0 aromatic carbocycles. The van der Waals surface area contributed by atoms with Gasteiger partial charge in [0, 0.05) is 17.5 Å². The van der Waals surface area contributed by atoms with Crippen LogP contribution in [0.1, 0.15) is 84.0 Å². The first-order valence-electron chi connectivity index (χ1n) is 8.36. The predicted molar refractivity (Wildman–Crippen MR) is 81.1 cm³/mol. The van der Waals surface area contributed by atoms with Crippen molar-refractivity contribution in [3.05, 3.63) is 0 Å². The van der Waals surface area contributed by atoms with E-state index in [1.165, 1.54) is 77.0 Å². The summed E-state index contributed by atoms with van der Waals surface area (Å²) in [4.78, 5) is 0. The summed E-state index contributed by atoms with van der Waals surface area (Å²) < 4.78 is 13.3. The molecule has 2 fully saturated rings. The molecule has 0 amide bonds. The van der Waals surface area contributed by atoms with E-state index in [4.69, 9.17) is 0 Å². The highest BCUT2D eigenvalue weighted by Crippen LogP contribution is 2.67. The van der Waals surface area contributed by atoms with Gasteiger partial charge in [-0.3, -0.25) is 0 Å². The lowest BCUT2D eigenvalue weighted by atomic mass is 10.0. The van der Waals surface area contributed by atoms with Crippen LogP contribution in [0, 0.1) is 0 Å². The Morgan fingerprint density at radius 3 is 2.00 bits per heavy atom. The van der Waals surface area contributed by atoms with E-state index in [1.54, 1.807) is 0 Å². The Morgan fingerprint density at radius 2 is 1.39 bits per heavy atom. The molecule has 2 atom stereocenters. The molecule has 0 saturated carbocycles. The summed E-state index contributed by atoms with van der Waals surface area (Å²) in [7, 11) is -1.78. The molecule has 0 aliphatic carbocycles. The predicted octanol–water partition coefficient (Wildman–Crippen LogP) is 5.82. The lowest BCUT2D eigenvalue weighted by Gasteiger charge is -2.23. The van der Waals surface area contributed by atoms with Crippen LogP contribution in [-0.4, -0.2) is 17.5 Å². The van der Waals surface area contributed by atoms with Crippen LogP contribution >= 0.6 is 7.14 Å². The Kier molecular flexibility index (Phi) is 5.80. The minimum Gasteiger partial charge on any atom is -0.323 e. The number of fused-ring (bicyclic) bond motifs is 2. The van der Waals surface area contributed by atoms with Gasteiger partial charge < -0.3 is 4.57 Å². The summed E-state index contributed by atoms with van der Waals surface area (Å²) in [5.41, 5.74) is 1.28. The largest absolute Gasteiger partial charge is 0.323 e. The Labute approximate surface area is 113 Å². The van der Waals surface area contributed by atoms with Gasteiger partial charge in [-0.15, -0.1) is 0 Å². The summed E-state index contributed by atoms with van der Waals surface area (Å²) in [5.74, 6) is 0. The third-order valence-corrected chi connectivity index (χ3v) is 9.78. The van der Waals surface area contributed by atoms with Crippen LogP contribution in [0.3, 0.4) is 0 Å². The maximum atomic E-state index is 13.3. The molecular formula is C16H31OP. The van der Waals surface area contributed by atoms with Gasteiger partial charge in [0.1, 0.15) is 0 Å². The smallest absolute Gasteiger partial charge is 0.0935 e. The van der Waals surface area contributed by atoms with Crippen LogP contribution in [0.25, 0.3) is 0 Å². The molecule has 0 aromatic heterocycles. The Balaban J connectivity index is 1.75. The second-order valence-electron chi connectivity index (χ2n) is 6.51. The van der Waals surface area contributed by atoms with Crippen molar-refractivity contribution < 1.29 is 4.57 Å². The van der Waals surface area contributed by atoms with Crippen molar-refractivity contribution in [2.24, 2.45) is 0 Å². The molecule has 1 nitrogen and oxygen atoms in total. The molecule has 2 unspecified atom stereocenters. The van der Waals surface area contributed by atoms with Gasteiger partial charge in [0.05, 0.1) is 7.14 Å². The second kappa shape index (κ2) is 7.13. The van der Waals surface area contributed by atoms with Gasteiger partial charge in [-0.25, -0.2) is 0 Å². The third-order valence-electron chi connectivity index (χ3n) is 5.26. The molecule has 2 aliphatic heterocycles. The molecule has 2 heterocycles. The van der Waals surface area contributed by atoms with Crippen molar-refractivity contribution in [2.45, 2.75) is 95.3 Å². The Hall–Kier alpha value is 0.230. The maximum absolute atomic E-state index is 13.3. The molecule has 0 aromatic rings. The maximum Gasteiger partial charge on any atom is 0.0935 e. The van der Waals surface area contributed by atoms with E-state index in [2.05, 4.69) is 6.92 Å². The molecule has 2 aliphatic rings. The standard InChI is InChI=1S/C16H31OP/c1-2-3-4-5-6-9-14-18(17)15-10-7-8-11-16(18)13-12-15/h15-16H,2-14H2,1H3. The monoisotopic (exact) mass is 270 g/mol. The van der Waals surface area contributed by atoms with E-state index in [0.717, 1.165) is 6.16 Å². The van der Waals surface area contributed by atoms with Crippen molar-refractivity contribution in [1.82, 2.24) is 0 Å². The van der Waals surface area contributed by atoms with Crippen molar-refractivity contribution in [2.75, 3.05) is 6.16 Å². The number of hydrogen-bond acceptors (Lipinski definition) is 1. The molecule has 2 heteroatoms. The lowest BCUT2D eigenvalue weighted by molar-refractivity contribution is 0.556. The van der Waals surface area contributed by atoms with Crippen LogP contribution in [0.2, 0.25) is 0 Å². The van der Waals surface area contributed by atoms with Crippen molar-refractivity contribution in [3.8, 4) is 0 Å². The van der Waals surface area contributed by atoms with E-state index in [1.807, 2.05) is 0 Å². The molecule has 0 radical (unpaired) electrons. The van der Waals surface area contributed by atoms with Gasteiger partial charge in [-0.05, 0) is 32.1 Å². The van der Waals surface area contributed by atoms with Crippen LogP contribution in [0.15, 0.2) is 0 Å². The molecule has 18 heavy (non-hydrogen) atoms. The molecule has 0 N–H and O–H groups in total. The molecular weight excluding hydrogens is 239 g/mol. The molecule has 2 bridgehead atoms. The highest BCUT2D eigenvalue weighted by atomic mass is 31.2. The summed E-state index contributed by atoms with van der Waals surface area (Å²) in [6.07, 6.45) is 16.9. The summed E-state index contributed by atoms with van der Waals surface area (Å²) in [5, 5.41) is 0. The first kappa shape index (κ1) is 14.6. The highest BCUT2D eigenvalue weighted by molar-refractivity contribution is 7.65. The number of rotatable bonds is 7. The van der Waals surface area contributed by atoms with Crippen LogP contribution < -0.4 is 0 Å². The van der Waals surface area contributed by atoms with Crippen molar-refractivity contribution >= 4 is 7.14 Å². The number of hydrogen-bond donors (Lipinski definition) is 0. The fourth-order valence-electron chi connectivity index (χ4n) is 4.11. The average molecular weight is 270 g/mol. The van der Waals surface area contributed by atoms with Crippen LogP contribution in [0.5, 0.6) is 0 Å². The van der Waals surface area contributed by atoms with Gasteiger partial charge >= 0.3 is 0 Å². The fourth-order valence-corrected chi connectivity index (χ4v) is 8.57. The lowest BCUT2D eigenvalue weighted by Crippen LogP contribution is -2.09. The summed E-state index contributed by atoms with van der Waals surface area (Å²) >= 11 is 0. The SMILES string of the molecule is CCCCCCCCP1(=O)C2CCCCC1CC2. The van der Waals surface area contributed by atoms with Crippen LogP contribution in [0.4, 0.5) is 0 Å². The summed E-state index contributed by atoms with van der Waals surface area (Å²) in [6, 6.07) is 0. The van der Waals surface area contributed by atoms with Gasteiger partial charge in [-0.2, -0.15) is 0 Å². The molecule has 2 saturated heterocycles. The first-order valence-corrected chi connectivity index (χ1v) is 10.4. The van der Waals surface area contributed by atoms with Crippen molar-refractivity contribution in [3.63, 3.8) is 0 Å². The third kappa shape index (κ3) is 3.41. The Morgan fingerprint density at radius 1 is 0.833 bits per heavy atom. The highest BCUT2D eigenvalue weighted by Gasteiger charge is 2.45. The van der Waals surface area contributed by atoms with Gasteiger partial charge in [0.2, 0.25) is 0 Å². The van der Waals surface area contributed by atoms with Gasteiger partial charge in [-0.1, -0.05) is 51.9 Å². The topological polar surface area (TPSA) is 17.1 Å². The van der Waals surface area contributed by atoms with E-state index >= 15 is 0 Å². The zero-order valence-electron chi connectivity index (χ0n) is 12.2. The first-order chi connectivity index (χ1) is 8.77. The van der Waals surface area contributed by atoms with Crippen molar-refractivity contribution in [1.29, 1.82) is 0 Å². The fraction of sp³-hybridized carbons (Fsp3) is 1.00. The quantitative estimate of drug-likeness (QED) is 0.421. The van der Waals surface area contributed by atoms with Gasteiger partial charge in [0.25, 0.3) is 0 Å². The van der Waals surface area contributed by atoms with Crippen LogP contribution in [-0.2, 0) is 4.57 Å². The minimum atomic E-state index is -1.78. The zero-order chi connectivity index (χ0) is 12.8. The second-order valence-corrected chi connectivity index (χ2v) is 10.1. The average Bonchev–Trinajstić information content (AvgIpc) is 2.53. The van der Waals surface area contributed by atoms with E-state index < -0.39 is 7.14 Å². The molecule has 2 rings (SSSR count). The zero-order valence-corrected chi connectivity index (χ0v) is 13.1. The molecule has 0 spiro atoms. The normalized spacial score (nSPS) is 35.6. The summed E-state index contributed by atoms with van der Waals surface area (Å²) in [6.45, 7) is 2.27. The van der Waals surface area contributed by atoms with Gasteiger partial charge in [0.15, 0.2) is 0 Å².